The molecule has 0 spiro atoms. The van der Waals surface area contributed by atoms with Crippen molar-refractivity contribution >= 4 is 5.97 Å². The lowest BCUT2D eigenvalue weighted by molar-refractivity contribution is -0.386. The molecule has 0 radical (unpaired) electrons. The van der Waals surface area contributed by atoms with E-state index in [1.165, 1.54) is 0 Å². The van der Waals surface area contributed by atoms with Gasteiger partial charge in [0, 0.05) is 0 Å². The van der Waals surface area contributed by atoms with E-state index in [-0.39, 0.29) is 0 Å². The molecule has 0 bridgehead atoms. The summed E-state index contributed by atoms with van der Waals surface area (Å²) >= 11 is 0. The van der Waals surface area contributed by atoms with Crippen LogP contribution in [0.15, 0.2) is 24.9 Å². The van der Waals surface area contributed by atoms with E-state index in [0.717, 1.165) is 0 Å². The fourth-order valence-electron chi connectivity index (χ4n) is 0.380. The molecule has 0 N–H and O–H groups in total. The molecule has 0 unspecified atom stereocenters. The molecule has 0 amide bonds. The van der Waals surface area contributed by atoms with E-state index in [0.29, 0.717) is 0 Å². The molecule has 0 saturated carbocycles. The number of hydrogen-bond acceptors (Lipinski definition) is 3. The van der Waals surface area contributed by atoms with Gasteiger partial charge < -0.3 is 9.47 Å². The highest BCUT2D eigenvalue weighted by Gasteiger charge is 2.61. The number of hydrogen-bond donors (Lipinski definition) is 0. The van der Waals surface area contributed by atoms with Crippen molar-refractivity contribution in [1.82, 2.24) is 0 Å². The zero-order chi connectivity index (χ0) is 13.1. The Hall–Kier alpha value is -1.67. The highest BCUT2D eigenvalue weighted by atomic mass is 19.4. The Morgan fingerprint density at radius 1 is 1.06 bits per heavy atom. The van der Waals surface area contributed by atoms with Crippen LogP contribution in [0.3, 0.4) is 0 Å². The smallest absolute Gasteiger partial charge is 0.394 e. The number of rotatable bonds is 4. The fraction of sp³-hybridized carbons (Fsp3) is 0.286. The van der Waals surface area contributed by atoms with E-state index in [2.05, 4.69) is 22.6 Å². The van der Waals surface area contributed by atoms with Crippen molar-refractivity contribution in [1.29, 1.82) is 0 Å². The minimum absolute atomic E-state index is 1.70. The second kappa shape index (κ2) is 4.45. The summed E-state index contributed by atoms with van der Waals surface area (Å²) < 4.78 is 77.3. The third kappa shape index (κ3) is 3.83. The third-order valence-electron chi connectivity index (χ3n) is 1.00. The number of carbonyl (C=O) groups is 1. The minimum atomic E-state index is -6.02. The number of ether oxygens (including phenoxy) is 2. The summed E-state index contributed by atoms with van der Waals surface area (Å²) in [5.74, 6) is -5.30. The summed E-state index contributed by atoms with van der Waals surface area (Å²) in [4.78, 5) is 10.3. The van der Waals surface area contributed by atoms with Gasteiger partial charge in [0.2, 0.25) is 5.83 Å². The van der Waals surface area contributed by atoms with Gasteiger partial charge >= 0.3 is 18.3 Å². The van der Waals surface area contributed by atoms with Crippen LogP contribution in [0, 0.1) is 0 Å². The zero-order valence-electron chi connectivity index (χ0n) is 7.41. The Labute approximate surface area is 84.9 Å². The molecular weight excluding hydrogens is 246 g/mol. The molecule has 0 rings (SSSR count). The first-order valence-corrected chi connectivity index (χ1v) is 3.36. The van der Waals surface area contributed by atoms with Crippen LogP contribution in [-0.2, 0) is 14.3 Å². The van der Waals surface area contributed by atoms with Crippen molar-refractivity contribution in [2.24, 2.45) is 0 Å². The van der Waals surface area contributed by atoms with E-state index in [9.17, 15) is 31.1 Å². The van der Waals surface area contributed by atoms with Gasteiger partial charge in [0.05, 0.1) is 0 Å². The minimum Gasteiger partial charge on any atom is -0.394 e. The zero-order valence-corrected chi connectivity index (χ0v) is 7.41. The van der Waals surface area contributed by atoms with E-state index in [4.69, 9.17) is 0 Å². The summed E-state index contributed by atoms with van der Waals surface area (Å²) in [6.07, 6.45) is -11.6. The lowest BCUT2D eigenvalue weighted by atomic mass is 10.6. The van der Waals surface area contributed by atoms with Crippen molar-refractivity contribution in [2.45, 2.75) is 12.3 Å². The molecule has 9 heteroatoms. The van der Waals surface area contributed by atoms with Gasteiger partial charge in [0.25, 0.3) is 5.95 Å². The second-order valence-electron chi connectivity index (χ2n) is 2.28. The average Bonchev–Trinajstić information content (AvgIpc) is 1.99. The van der Waals surface area contributed by atoms with Gasteiger partial charge in [-0.05, 0) is 6.58 Å². The highest BCUT2D eigenvalue weighted by Crippen LogP contribution is 2.37. The molecule has 92 valence electrons. The maximum absolute atomic E-state index is 12.1. The standard InChI is InChI=1S/C7H4F6O3/c1-3(8)5(14)15-4(2)16-7(12,13)6(9,10)11/h1-2H2. The summed E-state index contributed by atoms with van der Waals surface area (Å²) in [7, 11) is 0. The second-order valence-corrected chi connectivity index (χ2v) is 2.28. The van der Waals surface area contributed by atoms with Crippen LogP contribution in [-0.4, -0.2) is 18.3 Å². The third-order valence-corrected chi connectivity index (χ3v) is 1.00. The van der Waals surface area contributed by atoms with E-state index >= 15 is 0 Å². The molecule has 16 heavy (non-hydrogen) atoms. The van der Waals surface area contributed by atoms with Gasteiger partial charge in [-0.15, -0.1) is 0 Å². The van der Waals surface area contributed by atoms with E-state index < -0.39 is 30.0 Å². The van der Waals surface area contributed by atoms with Crippen molar-refractivity contribution < 1.29 is 40.6 Å². The summed E-state index contributed by atoms with van der Waals surface area (Å²) in [6, 6.07) is 0. The van der Waals surface area contributed by atoms with Crippen LogP contribution in [0.5, 0.6) is 0 Å². The lowest BCUT2D eigenvalue weighted by Gasteiger charge is -2.20. The first-order chi connectivity index (χ1) is 6.97. The Kier molecular flexibility index (Phi) is 3.99. The number of halogens is 6. The normalized spacial score (nSPS) is 11.9. The van der Waals surface area contributed by atoms with Crippen LogP contribution >= 0.6 is 0 Å². The SMILES string of the molecule is C=C(OC(=O)C(=C)F)OC(F)(F)C(F)(F)F. The van der Waals surface area contributed by atoms with E-state index in [1.807, 2.05) is 0 Å². The lowest BCUT2D eigenvalue weighted by Crippen LogP contribution is -2.39. The number of carbonyl (C=O) groups excluding carboxylic acids is 1. The molecule has 0 aliphatic carbocycles. The first-order valence-electron chi connectivity index (χ1n) is 3.36. The first kappa shape index (κ1) is 14.3. The largest absolute Gasteiger partial charge is 0.501 e. The molecule has 3 nitrogen and oxygen atoms in total. The molecule has 0 aromatic heterocycles. The van der Waals surface area contributed by atoms with Gasteiger partial charge in [0.1, 0.15) is 0 Å². The van der Waals surface area contributed by atoms with Gasteiger partial charge in [-0.25, -0.2) is 4.79 Å². The van der Waals surface area contributed by atoms with Crippen LogP contribution in [0.25, 0.3) is 0 Å². The van der Waals surface area contributed by atoms with Crippen molar-refractivity contribution in [3.8, 4) is 0 Å². The fourth-order valence-corrected chi connectivity index (χ4v) is 0.380. The molecule has 0 saturated heterocycles. The van der Waals surface area contributed by atoms with Crippen LogP contribution in [0.2, 0.25) is 0 Å². The molecule has 0 aliphatic rings. The summed E-state index contributed by atoms with van der Waals surface area (Å²) in [5.41, 5.74) is 0. The number of esters is 1. The molecule has 0 aliphatic heterocycles. The number of alkyl halides is 5. The van der Waals surface area contributed by atoms with Crippen LogP contribution < -0.4 is 0 Å². The predicted molar refractivity (Wildman–Crippen MR) is 37.6 cm³/mol. The molecule has 0 heterocycles. The quantitative estimate of drug-likeness (QED) is 0.333. The maximum atomic E-state index is 12.1. The molecule has 0 fully saturated rings. The Balaban J connectivity index is 4.48. The van der Waals surface area contributed by atoms with Gasteiger partial charge in [-0.1, -0.05) is 6.58 Å². The molecular formula is C7H4F6O3. The van der Waals surface area contributed by atoms with Gasteiger partial charge in [-0.2, -0.15) is 26.3 Å². The summed E-state index contributed by atoms with van der Waals surface area (Å²) in [5, 5.41) is 0. The monoisotopic (exact) mass is 250 g/mol. The highest BCUT2D eigenvalue weighted by molar-refractivity contribution is 5.85. The Bertz CT molecular complexity index is 319. The molecule has 0 aromatic carbocycles. The van der Waals surface area contributed by atoms with Crippen molar-refractivity contribution in [3.05, 3.63) is 24.9 Å². The van der Waals surface area contributed by atoms with Crippen molar-refractivity contribution in [2.75, 3.05) is 0 Å². The van der Waals surface area contributed by atoms with Gasteiger partial charge in [-0.3, -0.25) is 0 Å². The molecule has 0 atom stereocenters. The van der Waals surface area contributed by atoms with Crippen LogP contribution in [0.1, 0.15) is 0 Å². The Morgan fingerprint density at radius 3 is 1.81 bits per heavy atom. The van der Waals surface area contributed by atoms with E-state index in [1.54, 1.807) is 0 Å². The predicted octanol–water partition coefficient (Wildman–Crippen LogP) is 2.66. The average molecular weight is 250 g/mol. The van der Waals surface area contributed by atoms with Gasteiger partial charge in [0.15, 0.2) is 0 Å². The van der Waals surface area contributed by atoms with Crippen LogP contribution in [0.4, 0.5) is 26.3 Å². The maximum Gasteiger partial charge on any atom is 0.501 e. The van der Waals surface area contributed by atoms with Crippen molar-refractivity contribution in [3.63, 3.8) is 0 Å². The Morgan fingerprint density at radius 2 is 1.50 bits per heavy atom. The topological polar surface area (TPSA) is 35.5 Å². The summed E-state index contributed by atoms with van der Waals surface area (Å²) in [6.45, 7) is 4.83. The molecule has 0 aromatic rings.